The average molecular weight is 444 g/mol. The maximum Gasteiger partial charge on any atom is 0.279 e. The van der Waals surface area contributed by atoms with Crippen LogP contribution in [0.1, 0.15) is 11.8 Å². The third kappa shape index (κ3) is 3.33. The zero-order valence-electron chi connectivity index (χ0n) is 14.2. The van der Waals surface area contributed by atoms with E-state index in [2.05, 4.69) is 31.2 Å². The van der Waals surface area contributed by atoms with Crippen molar-refractivity contribution in [3.05, 3.63) is 62.4 Å². The predicted octanol–water partition coefficient (Wildman–Crippen LogP) is 3.11. The minimum absolute atomic E-state index is 0.206. The Kier molecular flexibility index (Phi) is 4.67. The first-order chi connectivity index (χ1) is 13.1. The molecule has 1 aliphatic heterocycles. The van der Waals surface area contributed by atoms with Crippen LogP contribution in [0.25, 0.3) is 5.57 Å². The number of hydrogen-bond acceptors (Lipinski definition) is 6. The van der Waals surface area contributed by atoms with Gasteiger partial charge in [0.15, 0.2) is 5.13 Å². The van der Waals surface area contributed by atoms with Crippen molar-refractivity contribution in [1.82, 2.24) is 4.98 Å². The fourth-order valence-electron chi connectivity index (χ4n) is 2.80. The molecule has 136 valence electrons. The molecule has 2 N–H and O–H groups in total. The second-order valence-electron chi connectivity index (χ2n) is 5.68. The maximum absolute atomic E-state index is 12.4. The number of halogens is 1. The van der Waals surface area contributed by atoms with Gasteiger partial charge in [-0.2, -0.15) is 4.98 Å². The number of hydrogen-bond donors (Lipinski definition) is 2. The third-order valence-electron chi connectivity index (χ3n) is 3.93. The van der Waals surface area contributed by atoms with Crippen LogP contribution in [0.15, 0.2) is 51.9 Å². The monoisotopic (exact) mass is 443 g/mol. The van der Waals surface area contributed by atoms with Gasteiger partial charge in [-0.1, -0.05) is 39.4 Å². The SMILES string of the molecule is CCOc1ccccc1Nc1nc(O)c(C2=c3cc(Br)ccc3=NC2=O)s1. The number of para-hydroxylation sites is 2. The molecule has 27 heavy (non-hydrogen) atoms. The van der Waals surface area contributed by atoms with Crippen molar-refractivity contribution in [2.24, 2.45) is 4.99 Å². The lowest BCUT2D eigenvalue weighted by Crippen LogP contribution is -2.22. The van der Waals surface area contributed by atoms with Gasteiger partial charge in [0.05, 0.1) is 23.2 Å². The average Bonchev–Trinajstić information content (AvgIpc) is 3.15. The molecule has 0 unspecified atom stereocenters. The van der Waals surface area contributed by atoms with Crippen LogP contribution in [-0.4, -0.2) is 22.6 Å². The number of nitrogens with one attached hydrogen (secondary N) is 1. The van der Waals surface area contributed by atoms with E-state index in [0.29, 0.717) is 38.5 Å². The molecule has 0 radical (unpaired) electrons. The fraction of sp³-hybridized carbons (Fsp3) is 0.105. The van der Waals surface area contributed by atoms with E-state index in [-0.39, 0.29) is 11.8 Å². The van der Waals surface area contributed by atoms with Crippen molar-refractivity contribution >= 4 is 49.6 Å². The summed E-state index contributed by atoms with van der Waals surface area (Å²) in [5.74, 6) is 0.0937. The molecule has 1 aromatic heterocycles. The first-order valence-electron chi connectivity index (χ1n) is 8.18. The normalized spacial score (nSPS) is 12.7. The summed E-state index contributed by atoms with van der Waals surface area (Å²) in [7, 11) is 0. The Morgan fingerprint density at radius 1 is 1.26 bits per heavy atom. The molecule has 0 aliphatic carbocycles. The molecule has 6 nitrogen and oxygen atoms in total. The highest BCUT2D eigenvalue weighted by Gasteiger charge is 2.25. The number of thiazole rings is 1. The molecule has 0 fully saturated rings. The van der Waals surface area contributed by atoms with E-state index >= 15 is 0 Å². The highest BCUT2D eigenvalue weighted by atomic mass is 79.9. The Morgan fingerprint density at radius 2 is 2.07 bits per heavy atom. The minimum Gasteiger partial charge on any atom is -0.492 e. The number of carbonyl (C=O) groups excluding carboxylic acids is 1. The number of aromatic hydroxyl groups is 1. The van der Waals surface area contributed by atoms with Crippen molar-refractivity contribution in [3.63, 3.8) is 0 Å². The molecular formula is C19H14BrN3O3S. The summed E-state index contributed by atoms with van der Waals surface area (Å²) in [6.07, 6.45) is 0. The molecule has 3 aromatic rings. The largest absolute Gasteiger partial charge is 0.492 e. The lowest BCUT2D eigenvalue weighted by Gasteiger charge is -2.09. The summed E-state index contributed by atoms with van der Waals surface area (Å²) in [5.41, 5.74) is 1.09. The van der Waals surface area contributed by atoms with Crippen molar-refractivity contribution in [2.45, 2.75) is 6.92 Å². The second-order valence-corrected chi connectivity index (χ2v) is 7.59. The summed E-state index contributed by atoms with van der Waals surface area (Å²) in [4.78, 5) is 21.0. The molecular weight excluding hydrogens is 430 g/mol. The number of fused-ring (bicyclic) bond motifs is 1. The van der Waals surface area contributed by atoms with Crippen molar-refractivity contribution < 1.29 is 14.6 Å². The van der Waals surface area contributed by atoms with Crippen molar-refractivity contribution in [2.75, 3.05) is 11.9 Å². The van der Waals surface area contributed by atoms with E-state index in [1.165, 1.54) is 11.3 Å². The van der Waals surface area contributed by atoms with Crippen LogP contribution in [-0.2, 0) is 4.79 Å². The standard InChI is InChI=1S/C19H14BrN3O3S/c1-2-26-14-6-4-3-5-13(14)22-19-23-18(25)16(27-19)15-11-9-10(20)7-8-12(11)21-17(15)24/h3-9,25H,2H2,1H3,(H,22,23). The first kappa shape index (κ1) is 17.7. The first-order valence-corrected chi connectivity index (χ1v) is 9.79. The summed E-state index contributed by atoms with van der Waals surface area (Å²) in [5, 5.41) is 15.2. The predicted molar refractivity (Wildman–Crippen MR) is 107 cm³/mol. The van der Waals surface area contributed by atoms with Gasteiger partial charge in [0, 0.05) is 9.69 Å². The number of anilines is 2. The van der Waals surface area contributed by atoms with E-state index < -0.39 is 0 Å². The van der Waals surface area contributed by atoms with Gasteiger partial charge < -0.3 is 15.2 Å². The summed E-state index contributed by atoms with van der Waals surface area (Å²) >= 11 is 4.60. The molecule has 8 heteroatoms. The van der Waals surface area contributed by atoms with Crippen molar-refractivity contribution in [3.8, 4) is 11.6 Å². The van der Waals surface area contributed by atoms with Crippen LogP contribution in [0.2, 0.25) is 0 Å². The maximum atomic E-state index is 12.4. The second kappa shape index (κ2) is 7.13. The molecule has 0 bridgehead atoms. The smallest absolute Gasteiger partial charge is 0.279 e. The number of ether oxygens (including phenoxy) is 1. The van der Waals surface area contributed by atoms with Gasteiger partial charge in [-0.15, -0.1) is 0 Å². The van der Waals surface area contributed by atoms with E-state index in [4.69, 9.17) is 4.74 Å². The van der Waals surface area contributed by atoms with Crippen molar-refractivity contribution in [1.29, 1.82) is 0 Å². The van der Waals surface area contributed by atoms with Gasteiger partial charge in [0.1, 0.15) is 10.6 Å². The molecule has 2 aromatic carbocycles. The summed E-state index contributed by atoms with van der Waals surface area (Å²) < 4.78 is 6.43. The van der Waals surface area contributed by atoms with Gasteiger partial charge in [-0.3, -0.25) is 4.79 Å². The topological polar surface area (TPSA) is 83.8 Å². The van der Waals surface area contributed by atoms with E-state index in [1.807, 2.05) is 43.3 Å². The Hall–Kier alpha value is -2.71. The highest BCUT2D eigenvalue weighted by Crippen LogP contribution is 2.37. The molecule has 0 spiro atoms. The number of benzene rings is 2. The molecule has 4 rings (SSSR count). The van der Waals surface area contributed by atoms with E-state index in [1.54, 1.807) is 6.07 Å². The van der Waals surface area contributed by atoms with Crippen LogP contribution in [0.3, 0.4) is 0 Å². The molecule has 1 amide bonds. The Balaban J connectivity index is 1.77. The van der Waals surface area contributed by atoms with E-state index in [9.17, 15) is 9.90 Å². The van der Waals surface area contributed by atoms with Gasteiger partial charge in [-0.05, 0) is 37.3 Å². The highest BCUT2D eigenvalue weighted by molar-refractivity contribution is 9.10. The lowest BCUT2D eigenvalue weighted by atomic mass is 10.1. The number of aromatic nitrogens is 1. The van der Waals surface area contributed by atoms with E-state index in [0.717, 1.165) is 10.2 Å². The van der Waals surface area contributed by atoms with Crippen LogP contribution < -0.4 is 20.6 Å². The van der Waals surface area contributed by atoms with Crippen LogP contribution >= 0.6 is 27.3 Å². The Bertz CT molecular complexity index is 1170. The van der Waals surface area contributed by atoms with Gasteiger partial charge in [0.25, 0.3) is 5.91 Å². The summed E-state index contributed by atoms with van der Waals surface area (Å²) in [6, 6.07) is 12.9. The third-order valence-corrected chi connectivity index (χ3v) is 5.40. The zero-order valence-corrected chi connectivity index (χ0v) is 16.6. The van der Waals surface area contributed by atoms with Gasteiger partial charge in [-0.25, -0.2) is 4.99 Å². The fourth-order valence-corrected chi connectivity index (χ4v) is 4.08. The van der Waals surface area contributed by atoms with Crippen LogP contribution in [0, 0.1) is 0 Å². The zero-order chi connectivity index (χ0) is 19.0. The molecule has 1 aliphatic rings. The number of amides is 1. The molecule has 0 saturated carbocycles. The molecule has 2 heterocycles. The molecule has 0 saturated heterocycles. The quantitative estimate of drug-likeness (QED) is 0.632. The van der Waals surface area contributed by atoms with Gasteiger partial charge in [0.2, 0.25) is 5.88 Å². The van der Waals surface area contributed by atoms with Crippen LogP contribution in [0.4, 0.5) is 10.8 Å². The molecule has 0 atom stereocenters. The lowest BCUT2D eigenvalue weighted by molar-refractivity contribution is -0.112. The number of rotatable bonds is 5. The Labute approximate surface area is 167 Å². The summed E-state index contributed by atoms with van der Waals surface area (Å²) in [6.45, 7) is 2.44. The number of nitrogens with zero attached hydrogens (tertiary/aromatic N) is 2. The van der Waals surface area contributed by atoms with Gasteiger partial charge >= 0.3 is 0 Å². The number of carbonyl (C=O) groups is 1. The van der Waals surface area contributed by atoms with Crippen LogP contribution in [0.5, 0.6) is 11.6 Å². The minimum atomic E-state index is -0.386. The Morgan fingerprint density at radius 3 is 2.89 bits per heavy atom.